The van der Waals surface area contributed by atoms with Crippen LogP contribution in [-0.2, 0) is 7.05 Å². The van der Waals surface area contributed by atoms with Gasteiger partial charge in [0.05, 0.1) is 6.10 Å². The fourth-order valence-electron chi connectivity index (χ4n) is 2.62. The third kappa shape index (κ3) is 4.26. The lowest BCUT2D eigenvalue weighted by Gasteiger charge is -2.35. The molecule has 0 spiro atoms. The number of aliphatic hydroxyl groups excluding tert-OH is 1. The number of aryl methyl sites for hydroxylation is 1. The minimum atomic E-state index is -0.350. The van der Waals surface area contributed by atoms with E-state index < -0.39 is 0 Å². The molecule has 1 aliphatic heterocycles. The maximum Gasteiger partial charge on any atom is 0.289 e. The standard InChI is InChI=1S/C14H25N5O2/c1-16(2)10-12(20)11-18-6-8-19(9-7-18)14(21)13-15-4-5-17(13)3/h4-5,12,20H,6-11H2,1-3H3/t12-/m0/s1. The Labute approximate surface area is 125 Å². The van der Waals surface area contributed by atoms with Crippen LogP contribution < -0.4 is 0 Å². The molecule has 1 N–H and O–H groups in total. The number of piperazine rings is 1. The van der Waals surface area contributed by atoms with E-state index in [-0.39, 0.29) is 12.0 Å². The van der Waals surface area contributed by atoms with E-state index in [9.17, 15) is 9.90 Å². The van der Waals surface area contributed by atoms with Crippen molar-refractivity contribution in [3.63, 3.8) is 0 Å². The van der Waals surface area contributed by atoms with Crippen molar-refractivity contribution in [3.05, 3.63) is 18.2 Å². The average molecular weight is 295 g/mol. The molecule has 7 nitrogen and oxygen atoms in total. The zero-order chi connectivity index (χ0) is 15.4. The third-order valence-corrected chi connectivity index (χ3v) is 3.72. The van der Waals surface area contributed by atoms with Crippen LogP contribution in [0.4, 0.5) is 0 Å². The number of aliphatic hydroxyl groups is 1. The number of carbonyl (C=O) groups excluding carboxylic acids is 1. The van der Waals surface area contributed by atoms with Gasteiger partial charge in [0.25, 0.3) is 5.91 Å². The van der Waals surface area contributed by atoms with Gasteiger partial charge in [0.2, 0.25) is 0 Å². The Morgan fingerprint density at radius 3 is 2.57 bits per heavy atom. The number of carbonyl (C=O) groups is 1. The van der Waals surface area contributed by atoms with Crippen molar-refractivity contribution in [1.82, 2.24) is 24.3 Å². The fourth-order valence-corrected chi connectivity index (χ4v) is 2.62. The summed E-state index contributed by atoms with van der Waals surface area (Å²) in [5.74, 6) is 0.465. The van der Waals surface area contributed by atoms with Crippen molar-refractivity contribution in [1.29, 1.82) is 0 Å². The first-order valence-corrected chi connectivity index (χ1v) is 7.29. The van der Waals surface area contributed by atoms with Crippen LogP contribution in [0.15, 0.2) is 12.4 Å². The second kappa shape index (κ2) is 7.02. The number of hydrogen-bond acceptors (Lipinski definition) is 5. The second-order valence-electron chi connectivity index (χ2n) is 5.87. The first kappa shape index (κ1) is 15.9. The van der Waals surface area contributed by atoms with Gasteiger partial charge in [-0.2, -0.15) is 0 Å². The lowest BCUT2D eigenvalue weighted by Crippen LogP contribution is -2.51. The molecule has 1 saturated heterocycles. The molecule has 0 aliphatic carbocycles. The van der Waals surface area contributed by atoms with Crippen LogP contribution in [0.3, 0.4) is 0 Å². The van der Waals surface area contributed by atoms with Crippen LogP contribution in [0.25, 0.3) is 0 Å². The fraction of sp³-hybridized carbons (Fsp3) is 0.714. The molecule has 7 heteroatoms. The highest BCUT2D eigenvalue weighted by Gasteiger charge is 2.25. The highest BCUT2D eigenvalue weighted by Crippen LogP contribution is 2.07. The summed E-state index contributed by atoms with van der Waals surface area (Å²) in [5.41, 5.74) is 0. The van der Waals surface area contributed by atoms with Crippen molar-refractivity contribution in [2.45, 2.75) is 6.10 Å². The molecule has 2 rings (SSSR count). The molecule has 1 fully saturated rings. The number of nitrogens with zero attached hydrogens (tertiary/aromatic N) is 5. The Kier molecular flexibility index (Phi) is 5.33. The first-order chi connectivity index (χ1) is 9.97. The van der Waals surface area contributed by atoms with Crippen molar-refractivity contribution >= 4 is 5.91 Å². The molecule has 0 unspecified atom stereocenters. The zero-order valence-corrected chi connectivity index (χ0v) is 13.1. The van der Waals surface area contributed by atoms with Crippen molar-refractivity contribution < 1.29 is 9.90 Å². The quantitative estimate of drug-likeness (QED) is 0.763. The lowest BCUT2D eigenvalue weighted by atomic mass is 10.2. The van der Waals surface area contributed by atoms with Gasteiger partial charge in [0.1, 0.15) is 0 Å². The van der Waals surface area contributed by atoms with Gasteiger partial charge >= 0.3 is 0 Å². The van der Waals surface area contributed by atoms with E-state index in [0.717, 1.165) is 13.1 Å². The van der Waals surface area contributed by atoms with Crippen molar-refractivity contribution in [3.8, 4) is 0 Å². The third-order valence-electron chi connectivity index (χ3n) is 3.72. The summed E-state index contributed by atoms with van der Waals surface area (Å²) in [6.07, 6.45) is 3.07. The summed E-state index contributed by atoms with van der Waals surface area (Å²) < 4.78 is 1.75. The number of amides is 1. The van der Waals surface area contributed by atoms with E-state index in [1.54, 1.807) is 17.0 Å². The van der Waals surface area contributed by atoms with Gasteiger partial charge < -0.3 is 19.5 Å². The number of β-amino-alcohol motifs (C(OH)–C–C–N with tert-alkyl or cyclic N) is 1. The normalized spacial score (nSPS) is 18.2. The van der Waals surface area contributed by atoms with Crippen molar-refractivity contribution in [2.75, 3.05) is 53.4 Å². The zero-order valence-electron chi connectivity index (χ0n) is 13.1. The molecule has 1 aromatic heterocycles. The Bertz CT molecular complexity index is 466. The van der Waals surface area contributed by atoms with Gasteiger partial charge in [0, 0.05) is 58.7 Å². The average Bonchev–Trinajstić information content (AvgIpc) is 2.84. The largest absolute Gasteiger partial charge is 0.390 e. The van der Waals surface area contributed by atoms with Crippen LogP contribution in [0.5, 0.6) is 0 Å². The maximum atomic E-state index is 12.3. The predicted molar refractivity (Wildman–Crippen MR) is 80.1 cm³/mol. The number of likely N-dealkylation sites (N-methyl/N-ethyl adjacent to an activating group) is 1. The molecule has 0 radical (unpaired) electrons. The summed E-state index contributed by atoms with van der Waals surface area (Å²) >= 11 is 0. The van der Waals surface area contributed by atoms with Crippen LogP contribution in [0.1, 0.15) is 10.6 Å². The van der Waals surface area contributed by atoms with E-state index in [0.29, 0.717) is 32.0 Å². The Balaban J connectivity index is 1.81. The van der Waals surface area contributed by atoms with Gasteiger partial charge in [0.15, 0.2) is 5.82 Å². The molecule has 1 amide bonds. The summed E-state index contributed by atoms with van der Waals surface area (Å²) in [6.45, 7) is 4.26. The van der Waals surface area contributed by atoms with Gasteiger partial charge in [-0.25, -0.2) is 4.98 Å². The number of imidazole rings is 1. The summed E-state index contributed by atoms with van der Waals surface area (Å²) in [4.78, 5) is 22.4. The maximum absolute atomic E-state index is 12.3. The molecule has 0 bridgehead atoms. The molecule has 21 heavy (non-hydrogen) atoms. The minimum absolute atomic E-state index is 0.0176. The monoisotopic (exact) mass is 295 g/mol. The Morgan fingerprint density at radius 2 is 2.05 bits per heavy atom. The highest BCUT2D eigenvalue weighted by atomic mass is 16.3. The molecule has 0 aromatic carbocycles. The molecular weight excluding hydrogens is 270 g/mol. The second-order valence-corrected chi connectivity index (χ2v) is 5.87. The number of aromatic nitrogens is 2. The summed E-state index contributed by atoms with van der Waals surface area (Å²) in [5, 5.41) is 9.96. The lowest BCUT2D eigenvalue weighted by molar-refractivity contribution is 0.0469. The minimum Gasteiger partial charge on any atom is -0.390 e. The number of hydrogen-bond donors (Lipinski definition) is 1. The highest BCUT2D eigenvalue weighted by molar-refractivity contribution is 5.90. The van der Waals surface area contributed by atoms with Gasteiger partial charge in [-0.05, 0) is 14.1 Å². The van der Waals surface area contributed by atoms with E-state index in [2.05, 4.69) is 9.88 Å². The summed E-state index contributed by atoms with van der Waals surface area (Å²) in [6, 6.07) is 0. The molecule has 1 aliphatic rings. The van der Waals surface area contributed by atoms with Crippen molar-refractivity contribution in [2.24, 2.45) is 7.05 Å². The van der Waals surface area contributed by atoms with Gasteiger partial charge in [-0.3, -0.25) is 9.69 Å². The topological polar surface area (TPSA) is 64.8 Å². The Hall–Kier alpha value is -1.44. The summed E-state index contributed by atoms with van der Waals surface area (Å²) in [7, 11) is 5.73. The van der Waals surface area contributed by atoms with Crippen LogP contribution >= 0.6 is 0 Å². The van der Waals surface area contributed by atoms with Crippen LogP contribution in [0.2, 0.25) is 0 Å². The number of rotatable bonds is 5. The molecule has 1 aromatic rings. The molecule has 2 heterocycles. The predicted octanol–water partition coefficient (Wildman–Crippen LogP) is -0.900. The molecular formula is C14H25N5O2. The molecule has 1 atom stereocenters. The smallest absolute Gasteiger partial charge is 0.289 e. The van der Waals surface area contributed by atoms with Crippen LogP contribution in [-0.4, -0.2) is 94.7 Å². The molecule has 0 saturated carbocycles. The van der Waals surface area contributed by atoms with E-state index in [4.69, 9.17) is 0 Å². The van der Waals surface area contributed by atoms with Gasteiger partial charge in [-0.1, -0.05) is 0 Å². The van der Waals surface area contributed by atoms with E-state index >= 15 is 0 Å². The Morgan fingerprint density at radius 1 is 1.38 bits per heavy atom. The van der Waals surface area contributed by atoms with Crippen LogP contribution in [0, 0.1) is 0 Å². The van der Waals surface area contributed by atoms with E-state index in [1.165, 1.54) is 0 Å². The SMILES string of the molecule is CN(C)C[C@H](O)CN1CCN(C(=O)c2nccn2C)CC1. The molecule has 118 valence electrons. The van der Waals surface area contributed by atoms with Gasteiger partial charge in [-0.15, -0.1) is 0 Å². The first-order valence-electron chi connectivity index (χ1n) is 7.29. The van der Waals surface area contributed by atoms with E-state index in [1.807, 2.05) is 30.9 Å².